The molecule has 2 N–H and O–H groups in total. The Balaban J connectivity index is 1.68. The van der Waals surface area contributed by atoms with Crippen molar-refractivity contribution in [2.75, 3.05) is 5.32 Å². The van der Waals surface area contributed by atoms with Crippen LogP contribution in [0.3, 0.4) is 0 Å². The Labute approximate surface area is 184 Å². The van der Waals surface area contributed by atoms with Gasteiger partial charge in [-0.05, 0) is 61.9 Å². The number of amides is 2. The molecule has 0 saturated carbocycles. The zero-order valence-corrected chi connectivity index (χ0v) is 17.7. The van der Waals surface area contributed by atoms with Gasteiger partial charge in [-0.15, -0.1) is 0 Å². The Bertz CT molecular complexity index is 1250. The molecule has 7 nitrogen and oxygen atoms in total. The Kier molecular flexibility index (Phi) is 5.68. The van der Waals surface area contributed by atoms with Crippen molar-refractivity contribution in [3.63, 3.8) is 0 Å². The number of ketones is 1. The summed E-state index contributed by atoms with van der Waals surface area (Å²) in [6, 6.07) is 14.9. The molecule has 4 aromatic rings. The maximum Gasteiger partial charge on any atom is 0.320 e. The van der Waals surface area contributed by atoms with Gasteiger partial charge in [0.15, 0.2) is 11.4 Å². The van der Waals surface area contributed by atoms with Crippen molar-refractivity contribution >= 4 is 34.7 Å². The van der Waals surface area contributed by atoms with Crippen LogP contribution in [0.15, 0.2) is 67.0 Å². The van der Waals surface area contributed by atoms with E-state index in [4.69, 9.17) is 11.6 Å². The number of aromatic nitrogens is 3. The highest BCUT2D eigenvalue weighted by Gasteiger charge is 2.25. The number of aryl methyl sites for hydroxylation is 1. The lowest BCUT2D eigenvalue weighted by Crippen LogP contribution is -2.34. The highest BCUT2D eigenvalue weighted by Crippen LogP contribution is 2.31. The molecule has 156 valence electrons. The molecule has 0 aliphatic rings. The average molecular weight is 434 g/mol. The Morgan fingerprint density at radius 1 is 1.06 bits per heavy atom. The van der Waals surface area contributed by atoms with Crippen molar-refractivity contribution in [3.8, 4) is 0 Å². The molecular formula is C23H20ClN5O2. The van der Waals surface area contributed by atoms with Crippen molar-refractivity contribution in [2.24, 2.45) is 0 Å². The first-order chi connectivity index (χ1) is 14.9. The number of hydrogen-bond acceptors (Lipinski definition) is 4. The molecule has 2 heterocycles. The van der Waals surface area contributed by atoms with E-state index in [1.807, 2.05) is 25.1 Å². The lowest BCUT2D eigenvalue weighted by molar-refractivity contribution is 0.101. The standard InChI is InChI=1S/C23H20ClN5O2/c1-14-5-3-6-18(24)21(14)22(19-13-25-20-7-4-12-26-29(19)20)28-23(31)27-17-10-8-16(9-11-17)15(2)30/h3-13,22H,1-2H3,(H2,27,28,31). The van der Waals surface area contributed by atoms with E-state index in [0.717, 1.165) is 11.1 Å². The van der Waals surface area contributed by atoms with Crippen LogP contribution in [-0.4, -0.2) is 26.4 Å². The van der Waals surface area contributed by atoms with Crippen LogP contribution in [-0.2, 0) is 0 Å². The predicted molar refractivity (Wildman–Crippen MR) is 120 cm³/mol. The summed E-state index contributed by atoms with van der Waals surface area (Å²) in [5.74, 6) is -0.0367. The molecule has 31 heavy (non-hydrogen) atoms. The van der Waals surface area contributed by atoms with E-state index in [-0.39, 0.29) is 5.78 Å². The number of hydrogen-bond donors (Lipinski definition) is 2. The van der Waals surface area contributed by atoms with Crippen molar-refractivity contribution in [1.29, 1.82) is 0 Å². The first-order valence-electron chi connectivity index (χ1n) is 9.66. The van der Waals surface area contributed by atoms with E-state index in [9.17, 15) is 9.59 Å². The van der Waals surface area contributed by atoms with Crippen molar-refractivity contribution in [1.82, 2.24) is 19.9 Å². The fourth-order valence-electron chi connectivity index (χ4n) is 3.44. The summed E-state index contributed by atoms with van der Waals surface area (Å²) in [4.78, 5) is 28.7. The molecule has 0 fully saturated rings. The van der Waals surface area contributed by atoms with Gasteiger partial charge in [0.1, 0.15) is 6.04 Å². The number of fused-ring (bicyclic) bond motifs is 1. The van der Waals surface area contributed by atoms with E-state index in [0.29, 0.717) is 27.6 Å². The second-order valence-corrected chi connectivity index (χ2v) is 7.52. The van der Waals surface area contributed by atoms with E-state index in [1.165, 1.54) is 6.92 Å². The highest BCUT2D eigenvalue weighted by atomic mass is 35.5. The van der Waals surface area contributed by atoms with Gasteiger partial charge < -0.3 is 10.6 Å². The van der Waals surface area contributed by atoms with Gasteiger partial charge in [-0.2, -0.15) is 5.10 Å². The van der Waals surface area contributed by atoms with Crippen LogP contribution >= 0.6 is 11.6 Å². The van der Waals surface area contributed by atoms with Crippen LogP contribution in [0.1, 0.15) is 40.1 Å². The second-order valence-electron chi connectivity index (χ2n) is 7.11. The zero-order valence-electron chi connectivity index (χ0n) is 17.0. The molecule has 4 rings (SSSR count). The number of anilines is 1. The minimum absolute atomic E-state index is 0.0367. The van der Waals surface area contributed by atoms with Crippen LogP contribution < -0.4 is 10.6 Å². The van der Waals surface area contributed by atoms with Crippen LogP contribution in [0.4, 0.5) is 10.5 Å². The number of imidazole rings is 1. The maximum absolute atomic E-state index is 12.9. The molecule has 0 radical (unpaired) electrons. The maximum atomic E-state index is 12.9. The molecule has 1 atom stereocenters. The summed E-state index contributed by atoms with van der Waals surface area (Å²) >= 11 is 6.53. The van der Waals surface area contributed by atoms with Crippen molar-refractivity contribution < 1.29 is 9.59 Å². The Hall–Kier alpha value is -3.71. The molecule has 0 aliphatic heterocycles. The van der Waals surface area contributed by atoms with Crippen molar-refractivity contribution in [2.45, 2.75) is 19.9 Å². The number of halogens is 1. The fraction of sp³-hybridized carbons (Fsp3) is 0.130. The summed E-state index contributed by atoms with van der Waals surface area (Å²) in [6.07, 6.45) is 3.34. The molecule has 2 amide bonds. The first kappa shape index (κ1) is 20.6. The first-order valence-corrected chi connectivity index (χ1v) is 10.0. The lowest BCUT2D eigenvalue weighted by Gasteiger charge is -2.22. The summed E-state index contributed by atoms with van der Waals surface area (Å²) < 4.78 is 1.68. The number of nitrogens with zero attached hydrogens (tertiary/aromatic N) is 3. The van der Waals surface area contributed by atoms with Gasteiger partial charge in [0.05, 0.1) is 11.9 Å². The van der Waals surface area contributed by atoms with Crippen LogP contribution in [0.5, 0.6) is 0 Å². The summed E-state index contributed by atoms with van der Waals surface area (Å²) in [5, 5.41) is 10.7. The molecule has 2 aromatic carbocycles. The lowest BCUT2D eigenvalue weighted by atomic mass is 9.99. The third kappa shape index (κ3) is 4.27. The third-order valence-corrected chi connectivity index (χ3v) is 5.31. The predicted octanol–water partition coefficient (Wildman–Crippen LogP) is 4.80. The van der Waals surface area contributed by atoms with Gasteiger partial charge in [-0.25, -0.2) is 14.3 Å². The van der Waals surface area contributed by atoms with E-state index in [1.54, 1.807) is 53.3 Å². The summed E-state index contributed by atoms with van der Waals surface area (Å²) in [6.45, 7) is 3.43. The molecule has 8 heteroatoms. The number of carbonyl (C=O) groups is 2. The number of benzene rings is 2. The number of nitrogens with one attached hydrogen (secondary N) is 2. The van der Waals surface area contributed by atoms with Crippen molar-refractivity contribution in [3.05, 3.63) is 94.4 Å². The molecule has 0 bridgehead atoms. The van der Waals surface area contributed by atoms with Gasteiger partial charge in [-0.3, -0.25) is 4.79 Å². The fourth-order valence-corrected chi connectivity index (χ4v) is 3.77. The quantitative estimate of drug-likeness (QED) is 0.442. The molecule has 0 saturated heterocycles. The number of urea groups is 1. The number of Topliss-reactive ketones (excluding diaryl/α,β-unsaturated/α-hetero) is 1. The Morgan fingerprint density at radius 2 is 1.84 bits per heavy atom. The topological polar surface area (TPSA) is 88.4 Å². The Morgan fingerprint density at radius 3 is 2.55 bits per heavy atom. The molecular weight excluding hydrogens is 414 g/mol. The van der Waals surface area contributed by atoms with Gasteiger partial charge in [0.2, 0.25) is 0 Å². The zero-order chi connectivity index (χ0) is 22.0. The number of carbonyl (C=O) groups excluding carboxylic acids is 2. The smallest absolute Gasteiger partial charge is 0.320 e. The minimum atomic E-state index is -0.588. The van der Waals surface area contributed by atoms with E-state index in [2.05, 4.69) is 20.7 Å². The summed E-state index contributed by atoms with van der Waals surface area (Å²) in [7, 11) is 0. The summed E-state index contributed by atoms with van der Waals surface area (Å²) in [5.41, 5.74) is 4.16. The normalized spacial score (nSPS) is 11.8. The van der Waals surface area contributed by atoms with Gasteiger partial charge in [-0.1, -0.05) is 23.7 Å². The second kappa shape index (κ2) is 8.57. The number of rotatable bonds is 5. The monoisotopic (exact) mass is 433 g/mol. The average Bonchev–Trinajstić information content (AvgIpc) is 3.17. The van der Waals surface area contributed by atoms with Gasteiger partial charge in [0.25, 0.3) is 0 Å². The minimum Gasteiger partial charge on any atom is -0.325 e. The van der Waals surface area contributed by atoms with Gasteiger partial charge in [0, 0.05) is 28.0 Å². The molecule has 2 aromatic heterocycles. The van der Waals surface area contributed by atoms with Crippen LogP contribution in [0.2, 0.25) is 5.02 Å². The van der Waals surface area contributed by atoms with E-state index >= 15 is 0 Å². The van der Waals surface area contributed by atoms with E-state index < -0.39 is 12.1 Å². The highest BCUT2D eigenvalue weighted by molar-refractivity contribution is 6.31. The van der Waals surface area contributed by atoms with Crippen LogP contribution in [0, 0.1) is 6.92 Å². The SMILES string of the molecule is CC(=O)c1ccc(NC(=O)NC(c2c(C)cccc2Cl)c2cnc3cccnn23)cc1. The van der Waals surface area contributed by atoms with Gasteiger partial charge >= 0.3 is 6.03 Å². The largest absolute Gasteiger partial charge is 0.325 e. The molecule has 1 unspecified atom stereocenters. The third-order valence-electron chi connectivity index (χ3n) is 4.98. The molecule has 0 spiro atoms. The molecule has 0 aliphatic carbocycles. The van der Waals surface area contributed by atoms with Crippen LogP contribution in [0.25, 0.3) is 5.65 Å².